The van der Waals surface area contributed by atoms with Gasteiger partial charge < -0.3 is 29.6 Å². The van der Waals surface area contributed by atoms with Crippen LogP contribution < -0.4 is 24.8 Å². The molecule has 3 rings (SSSR count). The van der Waals surface area contributed by atoms with E-state index in [2.05, 4.69) is 10.6 Å². The Morgan fingerprint density at radius 3 is 2.20 bits per heavy atom. The van der Waals surface area contributed by atoms with Gasteiger partial charge in [-0.05, 0) is 67.1 Å². The lowest BCUT2D eigenvalue weighted by Crippen LogP contribution is -2.22. The van der Waals surface area contributed by atoms with Gasteiger partial charge in [-0.15, -0.1) is 0 Å². The summed E-state index contributed by atoms with van der Waals surface area (Å²) in [7, 11) is 3.03. The SMILES string of the molecule is CCOC(=O)Oc1ccc(C(=O)NCc2cccc(NC(=O)c3ccc(OC)c(OC)c3)c2)cc1. The van der Waals surface area contributed by atoms with Crippen LogP contribution in [0.4, 0.5) is 10.5 Å². The molecule has 0 saturated carbocycles. The molecule has 3 aromatic carbocycles. The van der Waals surface area contributed by atoms with Crippen molar-refractivity contribution in [3.63, 3.8) is 0 Å². The average Bonchev–Trinajstić information content (AvgIpc) is 2.87. The molecule has 182 valence electrons. The molecule has 0 saturated heterocycles. The van der Waals surface area contributed by atoms with Gasteiger partial charge in [0.05, 0.1) is 20.8 Å². The monoisotopic (exact) mass is 478 g/mol. The number of benzene rings is 3. The van der Waals surface area contributed by atoms with Crippen LogP contribution in [0, 0.1) is 0 Å². The Kier molecular flexibility index (Phi) is 8.66. The van der Waals surface area contributed by atoms with Crippen molar-refractivity contribution in [3.8, 4) is 17.2 Å². The quantitative estimate of drug-likeness (QED) is 0.346. The minimum Gasteiger partial charge on any atom is -0.493 e. The van der Waals surface area contributed by atoms with Crippen LogP contribution in [0.5, 0.6) is 17.2 Å². The number of hydrogen-bond acceptors (Lipinski definition) is 7. The Balaban J connectivity index is 1.58. The maximum absolute atomic E-state index is 12.7. The van der Waals surface area contributed by atoms with Gasteiger partial charge in [-0.1, -0.05) is 12.1 Å². The van der Waals surface area contributed by atoms with Crippen molar-refractivity contribution in [1.29, 1.82) is 0 Å². The van der Waals surface area contributed by atoms with Crippen molar-refractivity contribution in [2.45, 2.75) is 13.5 Å². The molecule has 35 heavy (non-hydrogen) atoms. The Labute approximate surface area is 203 Å². The van der Waals surface area contributed by atoms with E-state index in [0.717, 1.165) is 5.56 Å². The first kappa shape index (κ1) is 25.1. The van der Waals surface area contributed by atoms with E-state index in [-0.39, 0.29) is 30.7 Å². The fourth-order valence-corrected chi connectivity index (χ4v) is 3.14. The molecule has 9 nitrogen and oxygen atoms in total. The fourth-order valence-electron chi connectivity index (χ4n) is 3.14. The number of carbonyl (C=O) groups excluding carboxylic acids is 3. The van der Waals surface area contributed by atoms with Crippen molar-refractivity contribution in [2.24, 2.45) is 0 Å². The predicted molar refractivity (Wildman–Crippen MR) is 129 cm³/mol. The summed E-state index contributed by atoms with van der Waals surface area (Å²) in [5, 5.41) is 5.66. The number of methoxy groups -OCH3 is 2. The minimum absolute atomic E-state index is 0.209. The van der Waals surface area contributed by atoms with E-state index in [9.17, 15) is 14.4 Å². The third-order valence-electron chi connectivity index (χ3n) is 4.86. The zero-order chi connectivity index (χ0) is 25.2. The van der Waals surface area contributed by atoms with E-state index in [1.54, 1.807) is 55.5 Å². The van der Waals surface area contributed by atoms with E-state index in [1.807, 2.05) is 6.07 Å². The number of rotatable bonds is 9. The number of ether oxygens (including phenoxy) is 4. The summed E-state index contributed by atoms with van der Waals surface area (Å²) in [5.41, 5.74) is 2.19. The summed E-state index contributed by atoms with van der Waals surface area (Å²) < 4.78 is 20.1. The van der Waals surface area contributed by atoms with E-state index < -0.39 is 6.16 Å². The van der Waals surface area contributed by atoms with Crippen LogP contribution in [-0.4, -0.2) is 38.8 Å². The van der Waals surface area contributed by atoms with Gasteiger partial charge in [0, 0.05) is 23.4 Å². The largest absolute Gasteiger partial charge is 0.513 e. The highest BCUT2D eigenvalue weighted by Gasteiger charge is 2.12. The van der Waals surface area contributed by atoms with Crippen molar-refractivity contribution < 1.29 is 33.3 Å². The predicted octanol–water partition coefficient (Wildman–Crippen LogP) is 4.42. The molecule has 0 atom stereocenters. The molecular formula is C26H26N2O7. The van der Waals surface area contributed by atoms with E-state index in [4.69, 9.17) is 18.9 Å². The summed E-state index contributed by atoms with van der Waals surface area (Å²) >= 11 is 0. The first-order valence-electron chi connectivity index (χ1n) is 10.8. The van der Waals surface area contributed by atoms with E-state index in [0.29, 0.717) is 28.3 Å². The second kappa shape index (κ2) is 12.1. The van der Waals surface area contributed by atoms with E-state index in [1.165, 1.54) is 26.4 Å². The van der Waals surface area contributed by atoms with Gasteiger partial charge in [0.15, 0.2) is 11.5 Å². The molecular weight excluding hydrogens is 452 g/mol. The molecule has 0 radical (unpaired) electrons. The van der Waals surface area contributed by atoms with Gasteiger partial charge in [0.25, 0.3) is 11.8 Å². The first-order valence-corrected chi connectivity index (χ1v) is 10.8. The molecule has 0 unspecified atom stereocenters. The summed E-state index contributed by atoms with van der Waals surface area (Å²) in [6.07, 6.45) is -0.803. The van der Waals surface area contributed by atoms with Crippen molar-refractivity contribution in [3.05, 3.63) is 83.4 Å². The van der Waals surface area contributed by atoms with Gasteiger partial charge >= 0.3 is 6.16 Å². The lowest BCUT2D eigenvalue weighted by molar-refractivity contribution is 0.0950. The Hall–Kier alpha value is -4.53. The molecule has 0 aliphatic heterocycles. The maximum atomic E-state index is 12.7. The normalized spacial score (nSPS) is 10.1. The average molecular weight is 479 g/mol. The Bertz CT molecular complexity index is 1190. The van der Waals surface area contributed by atoms with Crippen LogP contribution in [0.15, 0.2) is 66.7 Å². The first-order chi connectivity index (χ1) is 16.9. The van der Waals surface area contributed by atoms with Crippen molar-refractivity contribution in [2.75, 3.05) is 26.1 Å². The molecule has 0 spiro atoms. The summed E-state index contributed by atoms with van der Waals surface area (Å²) in [5.74, 6) is 0.655. The fraction of sp³-hybridized carbons (Fsp3) is 0.192. The van der Waals surface area contributed by atoms with Crippen LogP contribution in [0.25, 0.3) is 0 Å². The van der Waals surface area contributed by atoms with Crippen LogP contribution in [-0.2, 0) is 11.3 Å². The third kappa shape index (κ3) is 6.97. The number of hydrogen-bond donors (Lipinski definition) is 2. The molecule has 0 bridgehead atoms. The molecule has 0 aliphatic rings. The maximum Gasteiger partial charge on any atom is 0.513 e. The molecule has 0 aromatic heterocycles. The standard InChI is InChI=1S/C26H26N2O7/c1-4-34-26(31)35-21-11-8-18(9-12-21)24(29)27-16-17-6-5-7-20(14-17)28-25(30)19-10-13-22(32-2)23(15-19)33-3/h5-15H,4,16H2,1-3H3,(H,27,29)(H,28,30). The zero-order valence-electron chi connectivity index (χ0n) is 19.6. The minimum atomic E-state index is -0.803. The highest BCUT2D eigenvalue weighted by Crippen LogP contribution is 2.28. The third-order valence-corrected chi connectivity index (χ3v) is 4.86. The molecule has 0 heterocycles. The lowest BCUT2D eigenvalue weighted by Gasteiger charge is -2.11. The number of carbonyl (C=O) groups is 3. The summed E-state index contributed by atoms with van der Waals surface area (Å²) in [4.78, 5) is 36.5. The lowest BCUT2D eigenvalue weighted by atomic mass is 10.1. The number of amides is 2. The molecule has 9 heteroatoms. The van der Waals surface area contributed by atoms with Gasteiger partial charge in [-0.25, -0.2) is 4.79 Å². The second-order valence-electron chi connectivity index (χ2n) is 7.22. The van der Waals surface area contributed by atoms with Crippen molar-refractivity contribution >= 4 is 23.7 Å². The van der Waals surface area contributed by atoms with Gasteiger partial charge in [0.2, 0.25) is 0 Å². The van der Waals surface area contributed by atoms with Crippen LogP contribution in [0.1, 0.15) is 33.2 Å². The molecule has 3 aromatic rings. The molecule has 2 N–H and O–H groups in total. The topological polar surface area (TPSA) is 112 Å². The van der Waals surface area contributed by atoms with Crippen molar-refractivity contribution in [1.82, 2.24) is 5.32 Å². The molecule has 0 aliphatic carbocycles. The summed E-state index contributed by atoms with van der Waals surface area (Å²) in [6, 6.07) is 18.2. The van der Waals surface area contributed by atoms with Gasteiger partial charge in [-0.2, -0.15) is 0 Å². The van der Waals surface area contributed by atoms with Crippen LogP contribution in [0.2, 0.25) is 0 Å². The van der Waals surface area contributed by atoms with E-state index >= 15 is 0 Å². The highest BCUT2D eigenvalue weighted by atomic mass is 16.7. The highest BCUT2D eigenvalue weighted by molar-refractivity contribution is 6.04. The number of nitrogens with one attached hydrogen (secondary N) is 2. The molecule has 0 fully saturated rings. The van der Waals surface area contributed by atoms with Crippen LogP contribution >= 0.6 is 0 Å². The molecule has 2 amide bonds. The second-order valence-corrected chi connectivity index (χ2v) is 7.22. The summed E-state index contributed by atoms with van der Waals surface area (Å²) in [6.45, 7) is 2.14. The Morgan fingerprint density at radius 2 is 1.51 bits per heavy atom. The Morgan fingerprint density at radius 1 is 0.800 bits per heavy atom. The van der Waals surface area contributed by atoms with Crippen LogP contribution in [0.3, 0.4) is 0 Å². The number of anilines is 1. The smallest absolute Gasteiger partial charge is 0.493 e. The van der Waals surface area contributed by atoms with Gasteiger partial charge in [-0.3, -0.25) is 9.59 Å². The zero-order valence-corrected chi connectivity index (χ0v) is 19.6. The van der Waals surface area contributed by atoms with Gasteiger partial charge in [0.1, 0.15) is 5.75 Å².